The maximum atomic E-state index is 11.0. The van der Waals surface area contributed by atoms with E-state index in [9.17, 15) is 4.79 Å². The standard InChI is InChI=1S/C12H13N3O2/c1-7-4-3-5-9(6-7)15-11(13)10(12(16)17)8(2)14-15/h3-6H,13H2,1-2H3,(H,16,17). The number of benzene rings is 1. The lowest BCUT2D eigenvalue weighted by molar-refractivity contribution is 0.0697. The highest BCUT2D eigenvalue weighted by Gasteiger charge is 2.19. The lowest BCUT2D eigenvalue weighted by atomic mass is 10.2. The van der Waals surface area contributed by atoms with Crippen LogP contribution in [0.25, 0.3) is 5.69 Å². The van der Waals surface area contributed by atoms with Crippen molar-refractivity contribution < 1.29 is 9.90 Å². The minimum absolute atomic E-state index is 0.0616. The molecule has 0 radical (unpaired) electrons. The number of carboxylic acids is 1. The summed E-state index contributed by atoms with van der Waals surface area (Å²) in [5, 5.41) is 13.2. The molecule has 88 valence electrons. The summed E-state index contributed by atoms with van der Waals surface area (Å²) in [6.07, 6.45) is 0. The number of hydrogen-bond acceptors (Lipinski definition) is 3. The SMILES string of the molecule is Cc1cccc(-n2nc(C)c(C(=O)O)c2N)c1. The molecule has 0 saturated carbocycles. The Morgan fingerprint density at radius 1 is 1.41 bits per heavy atom. The zero-order valence-electron chi connectivity index (χ0n) is 9.64. The Bertz CT molecular complexity index is 587. The van der Waals surface area contributed by atoms with E-state index in [1.807, 2.05) is 31.2 Å². The van der Waals surface area contributed by atoms with Crippen LogP contribution in [0.4, 0.5) is 5.82 Å². The van der Waals surface area contributed by atoms with Gasteiger partial charge in [0.15, 0.2) is 0 Å². The smallest absolute Gasteiger partial charge is 0.341 e. The lowest BCUT2D eigenvalue weighted by Crippen LogP contribution is -2.05. The van der Waals surface area contributed by atoms with E-state index < -0.39 is 5.97 Å². The summed E-state index contributed by atoms with van der Waals surface area (Å²) in [7, 11) is 0. The first-order chi connectivity index (χ1) is 8.00. The van der Waals surface area contributed by atoms with Crippen LogP contribution in [0.3, 0.4) is 0 Å². The molecule has 1 aromatic carbocycles. The number of nitrogen functional groups attached to an aromatic ring is 1. The Morgan fingerprint density at radius 2 is 2.12 bits per heavy atom. The van der Waals surface area contributed by atoms with Gasteiger partial charge in [0.05, 0.1) is 11.4 Å². The summed E-state index contributed by atoms with van der Waals surface area (Å²) in [5.41, 5.74) is 8.11. The monoisotopic (exact) mass is 231 g/mol. The van der Waals surface area contributed by atoms with Gasteiger partial charge in [-0.3, -0.25) is 0 Å². The van der Waals surface area contributed by atoms with E-state index >= 15 is 0 Å². The van der Waals surface area contributed by atoms with Crippen molar-refractivity contribution in [3.63, 3.8) is 0 Å². The molecule has 17 heavy (non-hydrogen) atoms. The van der Waals surface area contributed by atoms with E-state index in [1.54, 1.807) is 6.92 Å². The summed E-state index contributed by atoms with van der Waals surface area (Å²) in [6.45, 7) is 3.58. The molecule has 5 nitrogen and oxygen atoms in total. The average molecular weight is 231 g/mol. The Labute approximate surface area is 98.5 Å². The highest BCUT2D eigenvalue weighted by atomic mass is 16.4. The minimum Gasteiger partial charge on any atom is -0.477 e. The lowest BCUT2D eigenvalue weighted by Gasteiger charge is -2.04. The first-order valence-corrected chi connectivity index (χ1v) is 5.16. The van der Waals surface area contributed by atoms with E-state index in [2.05, 4.69) is 5.10 Å². The van der Waals surface area contributed by atoms with Gasteiger partial charge in [0.2, 0.25) is 0 Å². The highest BCUT2D eigenvalue weighted by Crippen LogP contribution is 2.21. The number of carbonyl (C=O) groups is 1. The molecule has 1 heterocycles. The van der Waals surface area contributed by atoms with Crippen LogP contribution in [-0.2, 0) is 0 Å². The van der Waals surface area contributed by atoms with Crippen molar-refractivity contribution in [1.29, 1.82) is 0 Å². The molecule has 1 aromatic heterocycles. The molecule has 3 N–H and O–H groups in total. The van der Waals surface area contributed by atoms with Crippen LogP contribution in [0.2, 0.25) is 0 Å². The van der Waals surface area contributed by atoms with Gasteiger partial charge in [0, 0.05) is 0 Å². The van der Waals surface area contributed by atoms with Gasteiger partial charge in [-0.15, -0.1) is 0 Å². The van der Waals surface area contributed by atoms with Crippen LogP contribution in [-0.4, -0.2) is 20.9 Å². The molecule has 0 aliphatic carbocycles. The van der Waals surface area contributed by atoms with Crippen molar-refractivity contribution in [3.8, 4) is 5.69 Å². The number of carboxylic acid groups (broad SMARTS) is 1. The fraction of sp³-hybridized carbons (Fsp3) is 0.167. The van der Waals surface area contributed by atoms with Crippen LogP contribution in [0.1, 0.15) is 21.6 Å². The molecule has 2 rings (SSSR count). The van der Waals surface area contributed by atoms with Crippen LogP contribution < -0.4 is 5.73 Å². The van der Waals surface area contributed by atoms with Gasteiger partial charge in [0.1, 0.15) is 11.4 Å². The van der Waals surface area contributed by atoms with Crippen LogP contribution in [0.5, 0.6) is 0 Å². The van der Waals surface area contributed by atoms with E-state index in [-0.39, 0.29) is 11.4 Å². The van der Waals surface area contributed by atoms with E-state index in [0.717, 1.165) is 11.3 Å². The summed E-state index contributed by atoms with van der Waals surface area (Å²) >= 11 is 0. The molecule has 5 heteroatoms. The third kappa shape index (κ3) is 1.87. The van der Waals surface area contributed by atoms with Crippen LogP contribution in [0, 0.1) is 13.8 Å². The normalized spacial score (nSPS) is 10.5. The zero-order valence-corrected chi connectivity index (χ0v) is 9.64. The number of rotatable bonds is 2. The topological polar surface area (TPSA) is 81.1 Å². The van der Waals surface area contributed by atoms with E-state index in [1.165, 1.54) is 4.68 Å². The first-order valence-electron chi connectivity index (χ1n) is 5.16. The molecule has 0 unspecified atom stereocenters. The fourth-order valence-corrected chi connectivity index (χ4v) is 1.77. The average Bonchev–Trinajstić information content (AvgIpc) is 2.54. The van der Waals surface area contributed by atoms with Gasteiger partial charge in [-0.1, -0.05) is 12.1 Å². The van der Waals surface area contributed by atoms with Gasteiger partial charge in [-0.05, 0) is 31.5 Å². The molecule has 0 atom stereocenters. The Kier molecular flexibility index (Phi) is 2.59. The Balaban J connectivity index is 2.62. The number of anilines is 1. The van der Waals surface area contributed by atoms with Crippen molar-refractivity contribution in [2.45, 2.75) is 13.8 Å². The first kappa shape index (κ1) is 11.2. The molecule has 0 fully saturated rings. The predicted molar refractivity (Wildman–Crippen MR) is 64.4 cm³/mol. The number of aromatic nitrogens is 2. The van der Waals surface area contributed by atoms with Crippen molar-refractivity contribution >= 4 is 11.8 Å². The molecular formula is C12H13N3O2. The molecule has 0 spiro atoms. The number of hydrogen-bond donors (Lipinski definition) is 2. The largest absolute Gasteiger partial charge is 0.477 e. The summed E-state index contributed by atoms with van der Waals surface area (Å²) in [6, 6.07) is 7.56. The predicted octanol–water partition coefficient (Wildman–Crippen LogP) is 1.77. The van der Waals surface area contributed by atoms with Gasteiger partial charge < -0.3 is 10.8 Å². The highest BCUT2D eigenvalue weighted by molar-refractivity contribution is 5.94. The van der Waals surface area contributed by atoms with Crippen molar-refractivity contribution in [3.05, 3.63) is 41.1 Å². The number of nitrogens with zero attached hydrogens (tertiary/aromatic N) is 2. The fourth-order valence-electron chi connectivity index (χ4n) is 1.77. The van der Waals surface area contributed by atoms with Crippen molar-refractivity contribution in [2.75, 3.05) is 5.73 Å². The number of nitrogens with two attached hydrogens (primary N) is 1. The summed E-state index contributed by atoms with van der Waals surface area (Å²) in [4.78, 5) is 11.0. The van der Waals surface area contributed by atoms with Crippen LogP contribution >= 0.6 is 0 Å². The Morgan fingerprint density at radius 3 is 2.65 bits per heavy atom. The second-order valence-corrected chi connectivity index (χ2v) is 3.90. The van der Waals surface area contributed by atoms with Crippen molar-refractivity contribution in [1.82, 2.24) is 9.78 Å². The third-order valence-electron chi connectivity index (χ3n) is 2.56. The second kappa shape index (κ2) is 3.93. The van der Waals surface area contributed by atoms with E-state index in [0.29, 0.717) is 5.69 Å². The van der Waals surface area contributed by atoms with Crippen molar-refractivity contribution in [2.24, 2.45) is 0 Å². The third-order valence-corrected chi connectivity index (χ3v) is 2.56. The molecule has 0 amide bonds. The molecular weight excluding hydrogens is 218 g/mol. The molecule has 0 aliphatic rings. The second-order valence-electron chi connectivity index (χ2n) is 3.90. The number of aryl methyl sites for hydroxylation is 2. The van der Waals surface area contributed by atoms with Gasteiger partial charge in [0.25, 0.3) is 0 Å². The molecule has 0 bridgehead atoms. The van der Waals surface area contributed by atoms with Gasteiger partial charge in [-0.25, -0.2) is 9.48 Å². The minimum atomic E-state index is -1.06. The molecule has 0 saturated heterocycles. The van der Waals surface area contributed by atoms with Gasteiger partial charge in [-0.2, -0.15) is 5.10 Å². The maximum Gasteiger partial charge on any atom is 0.341 e. The van der Waals surface area contributed by atoms with E-state index in [4.69, 9.17) is 10.8 Å². The zero-order chi connectivity index (χ0) is 12.6. The maximum absolute atomic E-state index is 11.0. The van der Waals surface area contributed by atoms with Crippen LogP contribution in [0.15, 0.2) is 24.3 Å². The van der Waals surface area contributed by atoms with Gasteiger partial charge >= 0.3 is 5.97 Å². The molecule has 0 aliphatic heterocycles. The summed E-state index contributed by atoms with van der Waals surface area (Å²) in [5.74, 6) is -0.903. The number of aromatic carboxylic acids is 1. The Hall–Kier alpha value is -2.30. The summed E-state index contributed by atoms with van der Waals surface area (Å²) < 4.78 is 1.45. The molecule has 2 aromatic rings. The quantitative estimate of drug-likeness (QED) is 0.825.